The number of nitrogens with one attached hydrogen (secondary N) is 1. The molecule has 0 saturated heterocycles. The third-order valence-electron chi connectivity index (χ3n) is 2.87. The molecule has 1 N–H and O–H groups in total. The minimum Gasteiger partial charge on any atom is -0.372 e. The van der Waals surface area contributed by atoms with Crippen LogP contribution < -0.4 is 5.32 Å². The molecular formula is C12H11Br2N3S. The molecule has 18 heavy (non-hydrogen) atoms. The number of anilines is 1. The van der Waals surface area contributed by atoms with E-state index < -0.39 is 0 Å². The van der Waals surface area contributed by atoms with Crippen molar-refractivity contribution in [2.45, 2.75) is 18.8 Å². The van der Waals surface area contributed by atoms with Crippen molar-refractivity contribution in [3.8, 4) is 10.7 Å². The van der Waals surface area contributed by atoms with Crippen LogP contribution in [0.3, 0.4) is 0 Å². The van der Waals surface area contributed by atoms with Crippen LogP contribution in [0.4, 0.5) is 5.82 Å². The first-order chi connectivity index (χ1) is 8.69. The van der Waals surface area contributed by atoms with Crippen molar-refractivity contribution in [1.29, 1.82) is 0 Å². The summed E-state index contributed by atoms with van der Waals surface area (Å²) in [5.41, 5.74) is 1.13. The van der Waals surface area contributed by atoms with Crippen molar-refractivity contribution in [1.82, 2.24) is 9.97 Å². The Kier molecular flexibility index (Phi) is 3.42. The number of hydrogen-bond donors (Lipinski definition) is 1. The summed E-state index contributed by atoms with van der Waals surface area (Å²) in [5.74, 6) is 2.27. The maximum atomic E-state index is 4.72. The van der Waals surface area contributed by atoms with Crippen molar-refractivity contribution in [2.24, 2.45) is 0 Å². The van der Waals surface area contributed by atoms with Crippen LogP contribution in [0.25, 0.3) is 10.7 Å². The number of aromatic nitrogens is 2. The molecule has 1 fully saturated rings. The Balaban J connectivity index is 2.12. The lowest BCUT2D eigenvalue weighted by Crippen LogP contribution is -2.02. The summed E-state index contributed by atoms with van der Waals surface area (Å²) in [6.45, 7) is 0. The maximum Gasteiger partial charge on any atom is 0.171 e. The Morgan fingerprint density at radius 2 is 2.06 bits per heavy atom. The first-order valence-electron chi connectivity index (χ1n) is 5.70. The SMILES string of the molecule is CNc1nc(-c2ccc(Br)s2)nc(C2CC2)c1Br. The smallest absolute Gasteiger partial charge is 0.171 e. The van der Waals surface area contributed by atoms with Gasteiger partial charge >= 0.3 is 0 Å². The van der Waals surface area contributed by atoms with Crippen LogP contribution in [-0.2, 0) is 0 Å². The second-order valence-electron chi connectivity index (χ2n) is 4.22. The molecule has 0 unspecified atom stereocenters. The summed E-state index contributed by atoms with van der Waals surface area (Å²) < 4.78 is 2.11. The molecule has 0 bridgehead atoms. The summed E-state index contributed by atoms with van der Waals surface area (Å²) >= 11 is 8.73. The molecule has 2 aromatic heterocycles. The molecule has 0 aliphatic heterocycles. The molecular weight excluding hydrogens is 378 g/mol. The van der Waals surface area contributed by atoms with Crippen molar-refractivity contribution in [3.05, 3.63) is 26.1 Å². The van der Waals surface area contributed by atoms with Crippen molar-refractivity contribution in [2.75, 3.05) is 12.4 Å². The van der Waals surface area contributed by atoms with E-state index in [0.29, 0.717) is 5.92 Å². The fraction of sp³-hybridized carbons (Fsp3) is 0.333. The van der Waals surface area contributed by atoms with E-state index in [1.54, 1.807) is 11.3 Å². The third kappa shape index (κ3) is 2.33. The third-order valence-corrected chi connectivity index (χ3v) is 5.27. The van der Waals surface area contributed by atoms with Gasteiger partial charge in [0.25, 0.3) is 0 Å². The van der Waals surface area contributed by atoms with Crippen LogP contribution in [0.15, 0.2) is 20.4 Å². The summed E-state index contributed by atoms with van der Waals surface area (Å²) in [4.78, 5) is 10.4. The van der Waals surface area contributed by atoms with Gasteiger partial charge in [-0.1, -0.05) is 0 Å². The monoisotopic (exact) mass is 387 g/mol. The van der Waals surface area contributed by atoms with Gasteiger partial charge in [0.2, 0.25) is 0 Å². The molecule has 0 radical (unpaired) electrons. The molecule has 0 atom stereocenters. The Morgan fingerprint density at radius 1 is 1.28 bits per heavy atom. The molecule has 1 saturated carbocycles. The van der Waals surface area contributed by atoms with Gasteiger partial charge < -0.3 is 5.32 Å². The maximum absolute atomic E-state index is 4.72. The number of hydrogen-bond acceptors (Lipinski definition) is 4. The average molecular weight is 389 g/mol. The van der Waals surface area contributed by atoms with E-state index in [4.69, 9.17) is 4.98 Å². The highest BCUT2D eigenvalue weighted by atomic mass is 79.9. The number of halogens is 2. The van der Waals surface area contributed by atoms with E-state index >= 15 is 0 Å². The van der Waals surface area contributed by atoms with Crippen LogP contribution in [-0.4, -0.2) is 17.0 Å². The minimum absolute atomic E-state index is 0.594. The highest BCUT2D eigenvalue weighted by molar-refractivity contribution is 9.11. The lowest BCUT2D eigenvalue weighted by atomic mass is 10.2. The Labute approximate surface area is 126 Å². The van der Waals surface area contributed by atoms with E-state index in [1.165, 1.54) is 12.8 Å². The number of thiophene rings is 1. The summed E-state index contributed by atoms with van der Waals surface area (Å²) in [6, 6.07) is 4.08. The van der Waals surface area contributed by atoms with Gasteiger partial charge in [0.1, 0.15) is 5.82 Å². The van der Waals surface area contributed by atoms with Gasteiger partial charge in [0.05, 0.1) is 18.8 Å². The van der Waals surface area contributed by atoms with E-state index in [0.717, 1.165) is 30.5 Å². The van der Waals surface area contributed by atoms with Gasteiger partial charge in [-0.2, -0.15) is 0 Å². The summed E-state index contributed by atoms with van der Waals surface area (Å²) in [7, 11) is 1.89. The fourth-order valence-corrected chi connectivity index (χ4v) is 3.82. The lowest BCUT2D eigenvalue weighted by Gasteiger charge is -2.09. The highest BCUT2D eigenvalue weighted by Gasteiger charge is 2.29. The molecule has 94 valence electrons. The predicted octanol–water partition coefficient (Wildman–Crippen LogP) is 4.65. The van der Waals surface area contributed by atoms with Gasteiger partial charge in [-0.15, -0.1) is 11.3 Å². The Bertz CT molecular complexity index is 593. The van der Waals surface area contributed by atoms with E-state index in [-0.39, 0.29) is 0 Å². The van der Waals surface area contributed by atoms with Crippen LogP contribution >= 0.6 is 43.2 Å². The molecule has 6 heteroatoms. The molecule has 1 aliphatic carbocycles. The molecule has 1 aliphatic rings. The number of nitrogens with zero attached hydrogens (tertiary/aromatic N) is 2. The van der Waals surface area contributed by atoms with Crippen LogP contribution in [0.2, 0.25) is 0 Å². The zero-order valence-corrected chi connectivity index (χ0v) is 13.7. The first kappa shape index (κ1) is 12.6. The Hall–Kier alpha value is -0.460. The molecule has 3 rings (SSSR count). The predicted molar refractivity (Wildman–Crippen MR) is 82.3 cm³/mol. The van der Waals surface area contributed by atoms with E-state index in [9.17, 15) is 0 Å². The van der Waals surface area contributed by atoms with Gasteiger partial charge in [0, 0.05) is 13.0 Å². The van der Waals surface area contributed by atoms with Crippen molar-refractivity contribution in [3.63, 3.8) is 0 Å². The quantitative estimate of drug-likeness (QED) is 0.831. The van der Waals surface area contributed by atoms with Gasteiger partial charge in [-0.05, 0) is 56.8 Å². The Morgan fingerprint density at radius 3 is 2.61 bits per heavy atom. The van der Waals surface area contributed by atoms with Crippen LogP contribution in [0.1, 0.15) is 24.5 Å². The van der Waals surface area contributed by atoms with Crippen molar-refractivity contribution < 1.29 is 0 Å². The highest BCUT2D eigenvalue weighted by Crippen LogP contribution is 2.44. The van der Waals surface area contributed by atoms with Gasteiger partial charge in [-0.3, -0.25) is 0 Å². The van der Waals surface area contributed by atoms with Gasteiger partial charge in [-0.25, -0.2) is 9.97 Å². The molecule has 2 heterocycles. The van der Waals surface area contributed by atoms with Crippen LogP contribution in [0, 0.1) is 0 Å². The van der Waals surface area contributed by atoms with Gasteiger partial charge in [0.15, 0.2) is 5.82 Å². The van der Waals surface area contributed by atoms with Crippen molar-refractivity contribution >= 4 is 49.0 Å². The summed E-state index contributed by atoms with van der Waals surface area (Å²) in [6.07, 6.45) is 2.46. The molecule has 0 spiro atoms. The molecule has 0 aromatic carbocycles. The lowest BCUT2D eigenvalue weighted by molar-refractivity contribution is 0.982. The second-order valence-corrected chi connectivity index (χ2v) is 7.48. The zero-order chi connectivity index (χ0) is 12.7. The molecule has 3 nitrogen and oxygen atoms in total. The second kappa shape index (κ2) is 4.90. The fourth-order valence-electron chi connectivity index (χ4n) is 1.80. The summed E-state index contributed by atoms with van der Waals surface area (Å²) in [5, 5.41) is 3.13. The number of rotatable bonds is 3. The standard InChI is InChI=1S/C12H11Br2N3S/c1-15-12-9(14)10(6-2-3-6)16-11(17-12)7-4-5-8(13)18-7/h4-6H,2-3H2,1H3,(H,15,16,17). The molecule has 2 aromatic rings. The minimum atomic E-state index is 0.594. The molecule has 0 amide bonds. The largest absolute Gasteiger partial charge is 0.372 e. The normalized spacial score (nSPS) is 14.8. The zero-order valence-electron chi connectivity index (χ0n) is 9.70. The van der Waals surface area contributed by atoms with E-state index in [2.05, 4.69) is 42.2 Å². The average Bonchev–Trinajstić information content (AvgIpc) is 3.12. The van der Waals surface area contributed by atoms with E-state index in [1.807, 2.05) is 19.2 Å². The topological polar surface area (TPSA) is 37.8 Å². The van der Waals surface area contributed by atoms with Crippen LogP contribution in [0.5, 0.6) is 0 Å². The first-order valence-corrected chi connectivity index (χ1v) is 8.10.